The minimum atomic E-state index is -0.926. The molecule has 3 N–H and O–H groups in total. The normalized spacial score (nSPS) is 22.7. The summed E-state index contributed by atoms with van der Waals surface area (Å²) in [5.74, 6) is 0.584. The highest BCUT2D eigenvalue weighted by Gasteiger charge is 2.62. The molecule has 2 aromatic heterocycles. The minimum Gasteiger partial charge on any atom is -0.378 e. The van der Waals surface area contributed by atoms with Crippen LogP contribution in [0, 0.1) is 5.41 Å². The van der Waals surface area contributed by atoms with Crippen molar-refractivity contribution in [2.75, 3.05) is 6.61 Å². The number of amides is 1. The zero-order valence-electron chi connectivity index (χ0n) is 15.7. The number of hydrogen-bond donors (Lipinski definition) is 2. The molecule has 9 heteroatoms. The average molecular weight is 416 g/mol. The maximum absolute atomic E-state index is 12.8. The Morgan fingerprint density at radius 2 is 2.15 bits per heavy atom. The Labute approximate surface area is 171 Å². The van der Waals surface area contributed by atoms with Crippen LogP contribution in [0.3, 0.4) is 0 Å². The standard InChI is InChI=1S/C18H25N5O2.2ClH/c1-4-25-14-10-18(19,17(14,2)3)16(24)22-11-13-6-5-7-21-15(13)23-9-8-20-12-23;;/h5-9,12,14H,4,10-11,19H2,1-3H3,(H,22,24);2*1H. The van der Waals surface area contributed by atoms with Gasteiger partial charge < -0.3 is 15.8 Å². The topological polar surface area (TPSA) is 95.1 Å². The number of carbonyl (C=O) groups excluding carboxylic acids is 1. The van der Waals surface area contributed by atoms with Crippen LogP contribution in [0.5, 0.6) is 0 Å². The van der Waals surface area contributed by atoms with Crippen LogP contribution in [0.25, 0.3) is 5.82 Å². The van der Waals surface area contributed by atoms with Crippen LogP contribution in [-0.4, -0.2) is 38.7 Å². The smallest absolute Gasteiger partial charge is 0.241 e. The van der Waals surface area contributed by atoms with Gasteiger partial charge in [-0.15, -0.1) is 24.8 Å². The number of nitrogens with two attached hydrogens (primary N) is 1. The molecule has 150 valence electrons. The molecular weight excluding hydrogens is 389 g/mol. The van der Waals surface area contributed by atoms with E-state index in [2.05, 4.69) is 15.3 Å². The van der Waals surface area contributed by atoms with Crippen LogP contribution in [0.2, 0.25) is 0 Å². The summed E-state index contributed by atoms with van der Waals surface area (Å²) in [7, 11) is 0. The number of nitrogens with zero attached hydrogens (tertiary/aromatic N) is 3. The summed E-state index contributed by atoms with van der Waals surface area (Å²) in [6.45, 7) is 6.89. The molecule has 0 aromatic carbocycles. The first kappa shape index (κ1) is 23.4. The van der Waals surface area contributed by atoms with Crippen molar-refractivity contribution < 1.29 is 9.53 Å². The second-order valence-electron chi connectivity index (χ2n) is 6.98. The third kappa shape index (κ3) is 4.11. The van der Waals surface area contributed by atoms with Gasteiger partial charge in [0.05, 0.1) is 6.10 Å². The molecule has 2 heterocycles. The summed E-state index contributed by atoms with van der Waals surface area (Å²) >= 11 is 0. The highest BCUT2D eigenvalue weighted by Crippen LogP contribution is 2.49. The second kappa shape index (κ2) is 9.01. The molecule has 7 nitrogen and oxygen atoms in total. The van der Waals surface area contributed by atoms with Crippen LogP contribution in [0.15, 0.2) is 37.1 Å². The third-order valence-corrected chi connectivity index (χ3v) is 5.29. The van der Waals surface area contributed by atoms with Gasteiger partial charge in [0, 0.05) is 49.1 Å². The van der Waals surface area contributed by atoms with E-state index in [9.17, 15) is 4.79 Å². The maximum atomic E-state index is 12.8. The van der Waals surface area contributed by atoms with Gasteiger partial charge in [-0.25, -0.2) is 9.97 Å². The van der Waals surface area contributed by atoms with Gasteiger partial charge in [-0.05, 0) is 13.0 Å². The first-order valence-electron chi connectivity index (χ1n) is 8.51. The van der Waals surface area contributed by atoms with E-state index in [1.54, 1.807) is 18.7 Å². The van der Waals surface area contributed by atoms with E-state index >= 15 is 0 Å². The summed E-state index contributed by atoms with van der Waals surface area (Å²) in [6.07, 6.45) is 7.44. The lowest BCUT2D eigenvalue weighted by Crippen LogP contribution is -2.75. The molecule has 0 radical (unpaired) electrons. The summed E-state index contributed by atoms with van der Waals surface area (Å²) in [5.41, 5.74) is 5.98. The van der Waals surface area contributed by atoms with Crippen LogP contribution >= 0.6 is 24.8 Å². The number of ether oxygens (including phenoxy) is 1. The lowest BCUT2D eigenvalue weighted by molar-refractivity contribution is -0.170. The predicted molar refractivity (Wildman–Crippen MR) is 108 cm³/mol. The van der Waals surface area contributed by atoms with Crippen molar-refractivity contribution in [3.05, 3.63) is 42.6 Å². The largest absolute Gasteiger partial charge is 0.378 e. The molecule has 1 fully saturated rings. The van der Waals surface area contributed by atoms with E-state index < -0.39 is 11.0 Å². The quantitative estimate of drug-likeness (QED) is 0.753. The summed E-state index contributed by atoms with van der Waals surface area (Å²) < 4.78 is 7.51. The molecule has 3 rings (SSSR count). The van der Waals surface area contributed by atoms with Gasteiger partial charge in [0.1, 0.15) is 17.7 Å². The van der Waals surface area contributed by atoms with Gasteiger partial charge in [-0.2, -0.15) is 0 Å². The number of halogens is 2. The number of nitrogens with one attached hydrogen (secondary N) is 1. The summed E-state index contributed by atoms with van der Waals surface area (Å²) in [6, 6.07) is 3.78. The second-order valence-corrected chi connectivity index (χ2v) is 6.98. The minimum absolute atomic E-state index is 0. The molecule has 0 saturated heterocycles. The first-order chi connectivity index (χ1) is 11.9. The number of pyridine rings is 1. The maximum Gasteiger partial charge on any atom is 0.241 e. The molecule has 0 spiro atoms. The van der Waals surface area contributed by atoms with E-state index in [4.69, 9.17) is 10.5 Å². The Balaban J connectivity index is 0.00000182. The van der Waals surface area contributed by atoms with Crippen molar-refractivity contribution in [3.8, 4) is 5.82 Å². The van der Waals surface area contributed by atoms with Gasteiger partial charge in [0.25, 0.3) is 0 Å². The van der Waals surface area contributed by atoms with Crippen LogP contribution in [0.1, 0.15) is 32.8 Å². The number of carbonyl (C=O) groups is 1. The SMILES string of the molecule is CCOC1CC(N)(C(=O)NCc2cccnc2-n2ccnc2)C1(C)C.Cl.Cl. The van der Waals surface area contributed by atoms with Crippen molar-refractivity contribution in [1.29, 1.82) is 0 Å². The zero-order chi connectivity index (χ0) is 18.1. The van der Waals surface area contributed by atoms with Crippen LogP contribution < -0.4 is 11.1 Å². The van der Waals surface area contributed by atoms with Crippen molar-refractivity contribution in [3.63, 3.8) is 0 Å². The molecule has 0 aliphatic heterocycles. The Bertz CT molecular complexity index is 754. The fourth-order valence-corrected chi connectivity index (χ4v) is 3.34. The van der Waals surface area contributed by atoms with E-state index in [0.29, 0.717) is 19.6 Å². The van der Waals surface area contributed by atoms with E-state index in [1.807, 2.05) is 43.7 Å². The molecule has 1 aliphatic carbocycles. The lowest BCUT2D eigenvalue weighted by atomic mass is 9.54. The average Bonchev–Trinajstić information content (AvgIpc) is 3.14. The lowest BCUT2D eigenvalue weighted by Gasteiger charge is -2.57. The van der Waals surface area contributed by atoms with Crippen molar-refractivity contribution >= 4 is 30.7 Å². The molecule has 1 aliphatic rings. The molecule has 2 aromatic rings. The number of imidazole rings is 1. The Hall–Kier alpha value is -1.67. The monoisotopic (exact) mass is 415 g/mol. The van der Waals surface area contributed by atoms with Gasteiger partial charge in [-0.3, -0.25) is 9.36 Å². The molecule has 1 saturated carbocycles. The van der Waals surface area contributed by atoms with Crippen molar-refractivity contribution in [2.45, 2.75) is 45.4 Å². The van der Waals surface area contributed by atoms with Gasteiger partial charge in [-0.1, -0.05) is 19.9 Å². The summed E-state index contributed by atoms with van der Waals surface area (Å²) in [4.78, 5) is 21.2. The number of aromatic nitrogens is 3. The number of rotatable bonds is 6. The molecule has 2 unspecified atom stereocenters. The molecule has 1 amide bonds. The Kier molecular flexibility index (Phi) is 7.80. The Morgan fingerprint density at radius 3 is 2.74 bits per heavy atom. The molecular formula is C18H27Cl2N5O2. The first-order valence-corrected chi connectivity index (χ1v) is 8.51. The molecule has 27 heavy (non-hydrogen) atoms. The van der Waals surface area contributed by atoms with E-state index in [-0.39, 0.29) is 36.8 Å². The fraction of sp³-hybridized carbons (Fsp3) is 0.500. The summed E-state index contributed by atoms with van der Waals surface area (Å²) in [5, 5.41) is 2.97. The number of hydrogen-bond acceptors (Lipinski definition) is 5. The van der Waals surface area contributed by atoms with Crippen LogP contribution in [0.4, 0.5) is 0 Å². The zero-order valence-corrected chi connectivity index (χ0v) is 17.3. The van der Waals surface area contributed by atoms with Gasteiger partial charge in [0.15, 0.2) is 0 Å². The van der Waals surface area contributed by atoms with E-state index in [1.165, 1.54) is 0 Å². The van der Waals surface area contributed by atoms with Crippen molar-refractivity contribution in [2.24, 2.45) is 11.1 Å². The predicted octanol–water partition coefficient (Wildman–Crippen LogP) is 2.26. The molecule has 0 bridgehead atoms. The molecule has 2 atom stereocenters. The third-order valence-electron chi connectivity index (χ3n) is 5.29. The van der Waals surface area contributed by atoms with E-state index in [0.717, 1.165) is 11.4 Å². The fourth-order valence-electron chi connectivity index (χ4n) is 3.34. The van der Waals surface area contributed by atoms with Gasteiger partial charge in [0.2, 0.25) is 5.91 Å². The van der Waals surface area contributed by atoms with Gasteiger partial charge >= 0.3 is 0 Å². The highest BCUT2D eigenvalue weighted by molar-refractivity contribution is 5.88. The van der Waals surface area contributed by atoms with Crippen LogP contribution in [-0.2, 0) is 16.1 Å². The highest BCUT2D eigenvalue weighted by atomic mass is 35.5. The Morgan fingerprint density at radius 1 is 1.41 bits per heavy atom. The van der Waals surface area contributed by atoms with Crippen molar-refractivity contribution in [1.82, 2.24) is 19.9 Å².